The number of aliphatic hydroxyl groups excluding tert-OH is 1. The molecule has 4 atom stereocenters. The summed E-state index contributed by atoms with van der Waals surface area (Å²) < 4.78 is 58.1. The number of epoxide rings is 1. The second kappa shape index (κ2) is 6.88. The van der Waals surface area contributed by atoms with E-state index in [0.717, 1.165) is 5.47 Å². The number of aliphatic hydroxyl groups is 1. The summed E-state index contributed by atoms with van der Waals surface area (Å²) >= 11 is 0. The molecule has 1 aliphatic heterocycles. The van der Waals surface area contributed by atoms with Crippen molar-refractivity contribution in [2.24, 2.45) is 5.92 Å². The predicted octanol–water partition coefficient (Wildman–Crippen LogP) is -0.387. The molecule has 10 heteroatoms. The quantitative estimate of drug-likeness (QED) is 0.379. The van der Waals surface area contributed by atoms with Gasteiger partial charge in [-0.2, -0.15) is 13.2 Å². The Balaban J connectivity index is 2.08. The minimum absolute atomic E-state index is 0.00571. The van der Waals surface area contributed by atoms with Gasteiger partial charge in [0, 0.05) is 13.0 Å². The van der Waals surface area contributed by atoms with Crippen molar-refractivity contribution in [2.75, 3.05) is 33.5 Å². The normalized spacial score (nSPS) is 35.7. The van der Waals surface area contributed by atoms with E-state index in [9.17, 15) is 18.3 Å². The first-order valence-corrected chi connectivity index (χ1v) is 8.23. The Morgan fingerprint density at radius 1 is 1.36 bits per heavy atom. The Bertz CT molecular complexity index is 522. The number of hydrogen-bond donors (Lipinski definition) is 1. The lowest BCUT2D eigenvalue weighted by atomic mass is 9.52. The van der Waals surface area contributed by atoms with E-state index in [4.69, 9.17) is 14.2 Å². The van der Waals surface area contributed by atoms with Crippen LogP contribution in [0, 0.1) is 5.92 Å². The molecule has 142 valence electrons. The van der Waals surface area contributed by atoms with Gasteiger partial charge in [-0.3, -0.25) is 0 Å². The molecule has 0 saturated carbocycles. The van der Waals surface area contributed by atoms with E-state index in [0.29, 0.717) is 6.61 Å². The Labute approximate surface area is 147 Å². The maximum absolute atomic E-state index is 12.1. The second-order valence-electron chi connectivity index (χ2n) is 7.48. The minimum atomic E-state index is -4.36. The van der Waals surface area contributed by atoms with Crippen molar-refractivity contribution in [3.63, 3.8) is 0 Å². The van der Waals surface area contributed by atoms with Gasteiger partial charge in [0.1, 0.15) is 27.9 Å². The molecule has 1 aliphatic carbocycles. The zero-order valence-corrected chi connectivity index (χ0v) is 15.3. The van der Waals surface area contributed by atoms with Crippen LogP contribution in [0.25, 0.3) is 0 Å². The maximum Gasteiger partial charge on any atom is 0.411 e. The molecule has 1 spiro atoms. The number of alkyl halides is 3. The zero-order valence-electron chi connectivity index (χ0n) is 15.3. The molecule has 0 aromatic heterocycles. The monoisotopic (exact) mass is 364 g/mol. The van der Waals surface area contributed by atoms with Crippen molar-refractivity contribution in [2.45, 2.75) is 42.8 Å². The molecule has 0 amide bonds. The summed E-state index contributed by atoms with van der Waals surface area (Å²) in [5, 5.41) is 10.6. The summed E-state index contributed by atoms with van der Waals surface area (Å²) in [4.78, 5) is 0. The van der Waals surface area contributed by atoms with Gasteiger partial charge in [-0.1, -0.05) is 11.5 Å². The number of rotatable bonds is 7. The third kappa shape index (κ3) is 4.24. The van der Waals surface area contributed by atoms with Crippen LogP contribution in [0.1, 0.15) is 13.8 Å². The van der Waals surface area contributed by atoms with Crippen LogP contribution in [-0.4, -0.2) is 83.3 Å². The lowest BCUT2D eigenvalue weighted by Crippen LogP contribution is -2.66. The molecule has 1 saturated heterocycles. The minimum Gasteiger partial charge on any atom is -0.387 e. The van der Waals surface area contributed by atoms with E-state index >= 15 is 0 Å². The van der Waals surface area contributed by atoms with Crippen molar-refractivity contribution >= 4 is 15.7 Å². The van der Waals surface area contributed by atoms with Gasteiger partial charge in [-0.05, 0) is 13.8 Å². The molecule has 25 heavy (non-hydrogen) atoms. The molecule has 0 bridgehead atoms. The highest BCUT2D eigenvalue weighted by Crippen LogP contribution is 2.53. The number of ether oxygens (including phenoxy) is 4. The molecular formula is C15H25B2F3O5. The molecule has 0 unspecified atom stereocenters. The maximum atomic E-state index is 12.1. The fourth-order valence-corrected chi connectivity index (χ4v) is 4.12. The first-order valence-electron chi connectivity index (χ1n) is 8.23. The summed E-state index contributed by atoms with van der Waals surface area (Å²) in [6, 6.07) is 0. The summed E-state index contributed by atoms with van der Waals surface area (Å²) in [5.74, 6) is -0.348. The summed E-state index contributed by atoms with van der Waals surface area (Å²) in [6.45, 7) is 2.65. The average Bonchev–Trinajstić information content (AvgIpc) is 3.22. The van der Waals surface area contributed by atoms with Gasteiger partial charge in [0.15, 0.2) is 0 Å². The number of hydrogen-bond acceptors (Lipinski definition) is 5. The van der Waals surface area contributed by atoms with Crippen molar-refractivity contribution in [1.29, 1.82) is 0 Å². The van der Waals surface area contributed by atoms with E-state index in [2.05, 4.69) is 4.74 Å². The molecule has 1 fully saturated rings. The van der Waals surface area contributed by atoms with Crippen LogP contribution in [-0.2, 0) is 18.9 Å². The number of methoxy groups -OCH3 is 1. The van der Waals surface area contributed by atoms with Crippen LogP contribution < -0.4 is 0 Å². The summed E-state index contributed by atoms with van der Waals surface area (Å²) in [5.41, 5.74) is -1.60. The molecule has 1 heterocycles. The molecule has 1 N–H and O–H groups in total. The second-order valence-corrected chi connectivity index (χ2v) is 7.48. The van der Waals surface area contributed by atoms with E-state index in [-0.39, 0.29) is 19.1 Å². The predicted molar refractivity (Wildman–Crippen MR) is 90.0 cm³/mol. The van der Waals surface area contributed by atoms with Crippen LogP contribution in [0.2, 0.25) is 0 Å². The van der Waals surface area contributed by atoms with E-state index in [1.807, 2.05) is 27.8 Å². The van der Waals surface area contributed by atoms with Gasteiger partial charge in [0.25, 0.3) is 0 Å². The topological polar surface area (TPSA) is 60.5 Å². The van der Waals surface area contributed by atoms with Gasteiger partial charge < -0.3 is 24.1 Å². The Kier molecular flexibility index (Phi) is 5.72. The van der Waals surface area contributed by atoms with Gasteiger partial charge in [0.2, 0.25) is 0 Å². The Hall–Kier alpha value is -0.540. The van der Waals surface area contributed by atoms with E-state index in [1.165, 1.54) is 7.11 Å². The smallest absolute Gasteiger partial charge is 0.387 e. The van der Waals surface area contributed by atoms with Gasteiger partial charge in [0.05, 0.1) is 37.0 Å². The molecule has 5 nitrogen and oxygen atoms in total. The highest BCUT2D eigenvalue weighted by molar-refractivity contribution is 6.25. The Morgan fingerprint density at radius 3 is 2.44 bits per heavy atom. The first-order chi connectivity index (χ1) is 11.4. The van der Waals surface area contributed by atoms with Crippen LogP contribution in [0.4, 0.5) is 13.2 Å². The molecule has 2 rings (SSSR count). The number of halogens is 3. The standard InChI is InChI=1S/C15H25B2F3O5/c1-12(2,24-5-4-23-8-14(18,19)20)11-13(7-25-13)6-9(16)10(21)15(11,17)22-3/h6,10-11,21H,4-5,7-8,16-17H2,1-3H3/t10-,11+,13-,15+/m0/s1. The zero-order chi connectivity index (χ0) is 19.1. The van der Waals surface area contributed by atoms with Crippen LogP contribution >= 0.6 is 0 Å². The van der Waals surface area contributed by atoms with Gasteiger partial charge >= 0.3 is 6.18 Å². The summed E-state index contributed by atoms with van der Waals surface area (Å²) in [7, 11) is 5.14. The van der Waals surface area contributed by atoms with Crippen molar-refractivity contribution < 1.29 is 37.2 Å². The first kappa shape index (κ1) is 20.8. The summed E-state index contributed by atoms with van der Waals surface area (Å²) in [6.07, 6.45) is -3.29. The van der Waals surface area contributed by atoms with Crippen molar-refractivity contribution in [3.05, 3.63) is 11.5 Å². The SMILES string of the molecule is BC1=C[C@]2(CO2)[C@@H](C(C)(C)OCCOCC(F)(F)F)[C@](B)(OC)[C@H]1O. The third-order valence-corrected chi connectivity index (χ3v) is 5.09. The van der Waals surface area contributed by atoms with Gasteiger partial charge in [-0.25, -0.2) is 0 Å². The van der Waals surface area contributed by atoms with Gasteiger partial charge in [-0.15, -0.1) is 0 Å². The largest absolute Gasteiger partial charge is 0.411 e. The van der Waals surface area contributed by atoms with Crippen LogP contribution in [0.15, 0.2) is 11.5 Å². The van der Waals surface area contributed by atoms with Crippen molar-refractivity contribution in [3.8, 4) is 0 Å². The third-order valence-electron chi connectivity index (χ3n) is 5.09. The fraction of sp³-hybridized carbons (Fsp3) is 0.867. The van der Waals surface area contributed by atoms with Crippen molar-refractivity contribution in [1.82, 2.24) is 0 Å². The Morgan fingerprint density at radius 2 is 1.96 bits per heavy atom. The lowest BCUT2D eigenvalue weighted by Gasteiger charge is -2.52. The molecule has 2 aliphatic rings. The molecular weight excluding hydrogens is 339 g/mol. The van der Waals surface area contributed by atoms with E-state index < -0.39 is 35.6 Å². The van der Waals surface area contributed by atoms with E-state index in [1.54, 1.807) is 7.85 Å². The van der Waals surface area contributed by atoms with Crippen LogP contribution in [0.5, 0.6) is 0 Å². The molecule has 0 aromatic rings. The van der Waals surface area contributed by atoms with Crippen LogP contribution in [0.3, 0.4) is 0 Å². The highest BCUT2D eigenvalue weighted by Gasteiger charge is 2.66. The lowest BCUT2D eigenvalue weighted by molar-refractivity contribution is -0.191. The fourth-order valence-electron chi connectivity index (χ4n) is 4.12. The molecule has 0 aromatic carbocycles. The highest BCUT2D eigenvalue weighted by atomic mass is 19.4. The molecule has 0 radical (unpaired) electrons. The average molecular weight is 364 g/mol.